The summed E-state index contributed by atoms with van der Waals surface area (Å²) in [6, 6.07) is 12.1. The summed E-state index contributed by atoms with van der Waals surface area (Å²) in [6.07, 6.45) is 18.1. The number of hydrogen-bond donors (Lipinski definition) is 5. The summed E-state index contributed by atoms with van der Waals surface area (Å²) in [5.41, 5.74) is 4.15. The molecule has 4 aliphatic heterocycles. The zero-order valence-corrected chi connectivity index (χ0v) is 49.2. The Bertz CT molecular complexity index is 3350. The molecule has 3 amide bonds. The van der Waals surface area contributed by atoms with Gasteiger partial charge in [-0.15, -0.1) is 17.8 Å². The Morgan fingerprint density at radius 3 is 2.34 bits per heavy atom. The van der Waals surface area contributed by atoms with Crippen LogP contribution in [0.4, 0.5) is 14.6 Å². The van der Waals surface area contributed by atoms with Crippen molar-refractivity contribution < 1.29 is 38.1 Å². The maximum absolute atomic E-state index is 17.1. The minimum Gasteiger partial charge on any atom is -0.508 e. The number of aliphatic hydroxyl groups excluding tert-OH is 1. The van der Waals surface area contributed by atoms with E-state index in [4.69, 9.17) is 16.1 Å². The van der Waals surface area contributed by atoms with E-state index in [2.05, 4.69) is 46.6 Å². The number of phenolic OH excluding ortho intramolecular Hbond substituents is 1. The van der Waals surface area contributed by atoms with Crippen LogP contribution in [-0.4, -0.2) is 134 Å². The van der Waals surface area contributed by atoms with E-state index in [1.807, 2.05) is 64.4 Å². The van der Waals surface area contributed by atoms with Gasteiger partial charge in [0, 0.05) is 74.2 Å². The number of piperazine rings is 1. The quantitative estimate of drug-likeness (QED) is 0.0318. The van der Waals surface area contributed by atoms with E-state index in [0.717, 1.165) is 106 Å². The predicted octanol–water partition coefficient (Wildman–Crippen LogP) is 9.76. The zero-order chi connectivity index (χ0) is 58.5. The van der Waals surface area contributed by atoms with E-state index in [1.165, 1.54) is 29.2 Å². The third kappa shape index (κ3) is 13.7. The van der Waals surface area contributed by atoms with Gasteiger partial charge in [0.15, 0.2) is 5.82 Å². The number of nitrogens with zero attached hydrogens (tertiary/aromatic N) is 7. The summed E-state index contributed by atoms with van der Waals surface area (Å²) in [4.78, 5) is 66.9. The summed E-state index contributed by atoms with van der Waals surface area (Å²) in [6.45, 7) is 14.2. The van der Waals surface area contributed by atoms with Gasteiger partial charge in [-0.25, -0.2) is 13.8 Å². The van der Waals surface area contributed by atoms with Crippen LogP contribution in [0.2, 0.25) is 0 Å². The average molecular weight is 1150 g/mol. The number of anilines is 1. The van der Waals surface area contributed by atoms with Gasteiger partial charge in [0.1, 0.15) is 40.7 Å². The Morgan fingerprint density at radius 1 is 0.916 bits per heavy atom. The fourth-order valence-corrected chi connectivity index (χ4v) is 13.4. The van der Waals surface area contributed by atoms with Crippen molar-refractivity contribution in [3.63, 3.8) is 0 Å². The summed E-state index contributed by atoms with van der Waals surface area (Å²) in [7, 11) is 0. The maximum Gasteiger partial charge on any atom is 0.319 e. The Kier molecular flexibility index (Phi) is 18.6. The van der Waals surface area contributed by atoms with Crippen molar-refractivity contribution in [2.24, 2.45) is 11.3 Å². The third-order valence-corrected chi connectivity index (χ3v) is 18.1. The Morgan fingerprint density at radius 2 is 1.64 bits per heavy atom. The number of amides is 3. The van der Waals surface area contributed by atoms with Gasteiger partial charge >= 0.3 is 6.01 Å². The molecule has 4 unspecified atom stereocenters. The number of unbranched alkanes of at least 4 members (excludes halogenated alkanes) is 7. The molecule has 0 spiro atoms. The molecule has 6 aromatic rings. The fourth-order valence-electron chi connectivity index (χ4n) is 12.6. The highest BCUT2D eigenvalue weighted by atomic mass is 32.1. The fraction of sp³-hybridized carbons (Fsp3) is 0.516. The number of ether oxygens (including phenoxy) is 1. The number of nitrogens with one attached hydrogen (secondary N) is 3. The minimum absolute atomic E-state index is 0.0199. The van der Waals surface area contributed by atoms with Gasteiger partial charge in [0.25, 0.3) is 0 Å². The molecular formula is C64H78F2N10O6S. The first-order chi connectivity index (χ1) is 39.9. The normalized spacial score (nSPS) is 20.7. The number of thiazole rings is 1. The highest BCUT2D eigenvalue weighted by Crippen LogP contribution is 2.40. The second-order valence-corrected chi connectivity index (χ2v) is 25.3. The van der Waals surface area contributed by atoms with Crippen LogP contribution in [0.5, 0.6) is 11.8 Å². The summed E-state index contributed by atoms with van der Waals surface area (Å²) >= 11 is 1.58. The summed E-state index contributed by atoms with van der Waals surface area (Å²) in [5, 5.41) is 32.3. The number of β-amino-alcohol motifs (C(OH)–C–C–N with tert-alkyl or cyclic N) is 1. The number of carbonyl (C=O) groups excluding carboxylic acids is 3. The van der Waals surface area contributed by atoms with Gasteiger partial charge in [0.2, 0.25) is 17.7 Å². The molecule has 3 aromatic carbocycles. The van der Waals surface area contributed by atoms with Crippen molar-refractivity contribution >= 4 is 56.6 Å². The lowest BCUT2D eigenvalue weighted by molar-refractivity contribution is -0.144. The predicted molar refractivity (Wildman–Crippen MR) is 320 cm³/mol. The smallest absolute Gasteiger partial charge is 0.319 e. The molecule has 440 valence electrons. The molecule has 16 nitrogen and oxygen atoms in total. The van der Waals surface area contributed by atoms with Crippen LogP contribution in [0, 0.1) is 42.2 Å². The van der Waals surface area contributed by atoms with E-state index in [9.17, 15) is 24.6 Å². The second-order valence-electron chi connectivity index (χ2n) is 24.4. The summed E-state index contributed by atoms with van der Waals surface area (Å²) < 4.78 is 38.4. The van der Waals surface area contributed by atoms with Crippen molar-refractivity contribution in [3.8, 4) is 45.8 Å². The molecule has 2 bridgehead atoms. The van der Waals surface area contributed by atoms with Crippen LogP contribution < -0.4 is 25.6 Å². The molecule has 5 N–H and O–H groups in total. The van der Waals surface area contributed by atoms with E-state index >= 15 is 8.78 Å². The number of fused-ring (bicyclic) bond motifs is 4. The van der Waals surface area contributed by atoms with Crippen LogP contribution >= 0.6 is 11.3 Å². The number of rotatable bonds is 22. The first-order valence-corrected chi connectivity index (χ1v) is 30.5. The van der Waals surface area contributed by atoms with Gasteiger partial charge in [-0.05, 0) is 99.2 Å². The van der Waals surface area contributed by atoms with Gasteiger partial charge in [0.05, 0.1) is 45.8 Å². The highest BCUT2D eigenvalue weighted by molar-refractivity contribution is 7.13. The molecule has 10 rings (SSSR count). The van der Waals surface area contributed by atoms with Crippen molar-refractivity contribution in [1.82, 2.24) is 45.7 Å². The molecule has 4 aliphatic rings. The molecule has 7 atom stereocenters. The van der Waals surface area contributed by atoms with E-state index in [1.54, 1.807) is 17.5 Å². The first-order valence-electron chi connectivity index (χ1n) is 29.7. The SMILES string of the molecule is C#Cc1c(F)ccc2cc(O)cc(-c3ncc4c(N5CC6CCC(C5)N6)nc(OCC5CCN(CCCCCCCCCCC(=O)NC(C(=O)N6C[C@H](O)C[C@H]6C(=O)N[C@@H](C)c6ccc(-c7scnc7C)cc6)C(C)(C)C)C5)nc4c3F)c12. The number of aliphatic hydroxyl groups is 1. The van der Waals surface area contributed by atoms with Gasteiger partial charge < -0.3 is 45.6 Å². The third-order valence-electron chi connectivity index (χ3n) is 17.1. The number of aromatic hydroxyl groups is 1. The number of aryl methyl sites for hydroxylation is 1. The number of halogens is 2. The van der Waals surface area contributed by atoms with Crippen LogP contribution in [0.15, 0.2) is 60.2 Å². The van der Waals surface area contributed by atoms with Gasteiger partial charge in [-0.2, -0.15) is 9.97 Å². The number of phenols is 1. The average Bonchev–Trinajstić information content (AvgIpc) is 3.24. The zero-order valence-electron chi connectivity index (χ0n) is 48.4. The molecule has 7 heterocycles. The maximum atomic E-state index is 17.1. The highest BCUT2D eigenvalue weighted by Gasteiger charge is 2.45. The van der Waals surface area contributed by atoms with Crippen molar-refractivity contribution in [2.45, 2.75) is 154 Å². The van der Waals surface area contributed by atoms with Crippen LogP contribution in [0.1, 0.15) is 134 Å². The Labute approximate surface area is 489 Å². The van der Waals surface area contributed by atoms with Gasteiger partial charge in [-0.1, -0.05) is 95.5 Å². The number of pyridine rings is 1. The monoisotopic (exact) mass is 1150 g/mol. The molecule has 3 aromatic heterocycles. The van der Waals surface area contributed by atoms with E-state index in [0.29, 0.717) is 49.1 Å². The number of likely N-dealkylation sites (tertiary alicyclic amines) is 2. The molecule has 0 saturated carbocycles. The molecule has 0 aliphatic carbocycles. The van der Waals surface area contributed by atoms with Gasteiger partial charge in [-0.3, -0.25) is 19.4 Å². The van der Waals surface area contributed by atoms with Crippen LogP contribution in [0.25, 0.3) is 43.4 Å². The lowest BCUT2D eigenvalue weighted by Crippen LogP contribution is -2.57. The molecule has 4 saturated heterocycles. The second kappa shape index (κ2) is 26.0. The largest absolute Gasteiger partial charge is 0.508 e. The topological polar surface area (TPSA) is 198 Å². The first kappa shape index (κ1) is 59.3. The lowest BCUT2D eigenvalue weighted by atomic mass is 9.85. The molecule has 19 heteroatoms. The molecule has 0 radical (unpaired) electrons. The standard InChI is InChI=1S/C64H78F2N10O6S/c1-7-48-51(65)24-21-43-28-46(77)29-49(54(43)48)56-55(66)57-50(31-67-56)60(75-33-44-22-23-45(34-75)70-44)73-63(72-57)82-36-40-25-27-74(32-40)26-15-13-11-9-8-10-12-14-16-53(79)71-59(64(4,5)6)62(81)76-35-47(78)30-52(76)61(80)69-38(2)41-17-19-42(20-18-41)58-39(3)68-37-83-58/h1,17-21,24,28-29,31,37-38,40,44-45,47,52,59,70,77-78H,8-16,22-23,25-27,30,32-36H2,2-6H3,(H,69,80)(H,71,79)/t38-,40?,44?,45?,47+,52-,59?/m0/s1. The number of aromatic nitrogens is 4. The molecule has 83 heavy (non-hydrogen) atoms. The molecule has 4 fully saturated rings. The van der Waals surface area contributed by atoms with E-state index in [-0.39, 0.29) is 94.2 Å². The minimum atomic E-state index is -0.867. The summed E-state index contributed by atoms with van der Waals surface area (Å²) in [5.74, 6) is 0.790. The number of benzene rings is 3. The van der Waals surface area contributed by atoms with Crippen molar-refractivity contribution in [2.75, 3.05) is 50.8 Å². The van der Waals surface area contributed by atoms with Crippen molar-refractivity contribution in [3.05, 3.63) is 88.7 Å². The Balaban J connectivity index is 0.649. The Hall–Kier alpha value is -6.85. The van der Waals surface area contributed by atoms with Crippen LogP contribution in [0.3, 0.4) is 0 Å². The van der Waals surface area contributed by atoms with Crippen LogP contribution in [-0.2, 0) is 14.4 Å². The van der Waals surface area contributed by atoms with Crippen molar-refractivity contribution in [1.29, 1.82) is 0 Å². The number of carbonyl (C=O) groups is 3. The molecular weight excluding hydrogens is 1070 g/mol. The number of terminal acetylenes is 1. The lowest BCUT2D eigenvalue weighted by Gasteiger charge is -2.35. The van der Waals surface area contributed by atoms with E-state index < -0.39 is 35.2 Å². The number of hydrogen-bond acceptors (Lipinski definition) is 14.